The summed E-state index contributed by atoms with van der Waals surface area (Å²) in [5.74, 6) is 0. The predicted molar refractivity (Wildman–Crippen MR) is 33.5 cm³/mol. The van der Waals surface area contributed by atoms with Crippen molar-refractivity contribution in [3.05, 3.63) is 22.1 Å². The SMILES string of the molecule is C=CC1=[CH][In][CH2]C1. The van der Waals surface area contributed by atoms with Gasteiger partial charge in [0, 0.05) is 0 Å². The fraction of sp³-hybridized carbons (Fsp3) is 0.333. The van der Waals surface area contributed by atoms with Gasteiger partial charge >= 0.3 is 55.6 Å². The zero-order chi connectivity index (χ0) is 5.11. The Morgan fingerprint density at radius 1 is 1.86 bits per heavy atom. The molecule has 0 aromatic heterocycles. The first kappa shape index (κ1) is 5.49. The number of hydrogen-bond donors (Lipinski definition) is 0. The fourth-order valence-corrected chi connectivity index (χ4v) is 4.37. The molecule has 35 valence electrons. The van der Waals surface area contributed by atoms with Crippen LogP contribution in [0.2, 0.25) is 4.18 Å². The van der Waals surface area contributed by atoms with E-state index in [1.165, 1.54) is 16.2 Å². The zero-order valence-corrected chi connectivity index (χ0v) is 7.65. The third kappa shape index (κ3) is 1.37. The Bertz CT molecular complexity index is 103. The molecule has 7 heavy (non-hydrogen) atoms. The van der Waals surface area contributed by atoms with Crippen LogP contribution < -0.4 is 0 Å². The van der Waals surface area contributed by atoms with E-state index in [2.05, 4.69) is 10.4 Å². The van der Waals surface area contributed by atoms with Crippen molar-refractivity contribution in [2.75, 3.05) is 0 Å². The van der Waals surface area contributed by atoms with Gasteiger partial charge in [0.1, 0.15) is 0 Å². The first-order valence-corrected chi connectivity index (χ1v) is 6.81. The van der Waals surface area contributed by atoms with Crippen LogP contribution in [0.15, 0.2) is 22.1 Å². The summed E-state index contributed by atoms with van der Waals surface area (Å²) < 4.78 is 3.97. The van der Waals surface area contributed by atoms with Gasteiger partial charge in [-0.3, -0.25) is 0 Å². The van der Waals surface area contributed by atoms with Crippen molar-refractivity contribution in [3.63, 3.8) is 0 Å². The quantitative estimate of drug-likeness (QED) is 0.595. The van der Waals surface area contributed by atoms with Gasteiger partial charge in [-0.25, -0.2) is 0 Å². The molecule has 1 aliphatic heterocycles. The number of allylic oxidation sites excluding steroid dienone is 2. The minimum absolute atomic E-state index is 0.122. The summed E-state index contributed by atoms with van der Waals surface area (Å²) in [6, 6.07) is 0. The van der Waals surface area contributed by atoms with Gasteiger partial charge in [-0.05, 0) is 0 Å². The van der Waals surface area contributed by atoms with E-state index < -0.39 is 0 Å². The van der Waals surface area contributed by atoms with Crippen molar-refractivity contribution in [2.45, 2.75) is 10.6 Å². The van der Waals surface area contributed by atoms with Crippen LogP contribution in [0.4, 0.5) is 0 Å². The summed E-state index contributed by atoms with van der Waals surface area (Å²) in [6.45, 7) is 3.70. The van der Waals surface area contributed by atoms with E-state index in [0.29, 0.717) is 0 Å². The van der Waals surface area contributed by atoms with E-state index >= 15 is 0 Å². The van der Waals surface area contributed by atoms with Gasteiger partial charge in [-0.2, -0.15) is 0 Å². The second-order valence-electron chi connectivity index (χ2n) is 1.72. The standard InChI is InChI=1S/C6H8.In/c1-4-6(3)5-2;/h3-4H,1-2,5H2;. The molecule has 1 rings (SSSR count). The molecule has 0 saturated carbocycles. The van der Waals surface area contributed by atoms with Crippen LogP contribution in [-0.2, 0) is 0 Å². The van der Waals surface area contributed by atoms with Crippen LogP contribution in [0.1, 0.15) is 6.42 Å². The van der Waals surface area contributed by atoms with Crippen LogP contribution in [0.3, 0.4) is 0 Å². The van der Waals surface area contributed by atoms with Crippen LogP contribution in [0.5, 0.6) is 0 Å². The molecular weight excluding hydrogens is 187 g/mol. The molecule has 0 aliphatic carbocycles. The second kappa shape index (κ2) is 2.61. The average molecular weight is 195 g/mol. The Morgan fingerprint density at radius 3 is 3.00 bits per heavy atom. The second-order valence-corrected chi connectivity index (χ2v) is 5.66. The molecule has 0 spiro atoms. The van der Waals surface area contributed by atoms with Crippen molar-refractivity contribution in [1.29, 1.82) is 0 Å². The Kier molecular flexibility index (Phi) is 2.04. The molecule has 0 aromatic rings. The molecular formula is C6H8In. The minimum atomic E-state index is -0.122. The van der Waals surface area contributed by atoms with Gasteiger partial charge < -0.3 is 0 Å². The maximum atomic E-state index is 3.70. The summed E-state index contributed by atoms with van der Waals surface area (Å²) in [6.07, 6.45) is 3.34. The summed E-state index contributed by atoms with van der Waals surface area (Å²) in [5, 5.41) is 0. The van der Waals surface area contributed by atoms with Gasteiger partial charge in [0.2, 0.25) is 0 Å². The molecule has 1 heteroatoms. The van der Waals surface area contributed by atoms with E-state index in [1.54, 1.807) is 0 Å². The molecule has 0 nitrogen and oxygen atoms in total. The first-order valence-electron chi connectivity index (χ1n) is 2.58. The predicted octanol–water partition coefficient (Wildman–Crippen LogP) is 1.58. The molecule has 0 saturated heterocycles. The summed E-state index contributed by atoms with van der Waals surface area (Å²) >= 11 is -0.122. The molecule has 0 unspecified atom stereocenters. The third-order valence-corrected chi connectivity index (χ3v) is 4.86. The first-order chi connectivity index (χ1) is 3.43. The molecule has 0 fully saturated rings. The van der Waals surface area contributed by atoms with E-state index in [9.17, 15) is 0 Å². The average Bonchev–Trinajstić information content (AvgIpc) is 2.14. The number of rotatable bonds is 1. The molecule has 0 amide bonds. The topological polar surface area (TPSA) is 0 Å². The summed E-state index contributed by atoms with van der Waals surface area (Å²) in [5.41, 5.74) is 1.52. The van der Waals surface area contributed by atoms with Crippen LogP contribution in [-0.4, -0.2) is 22.9 Å². The van der Waals surface area contributed by atoms with E-state index in [0.717, 1.165) is 0 Å². The Labute approximate surface area is 55.7 Å². The van der Waals surface area contributed by atoms with Crippen molar-refractivity contribution >= 4 is 22.9 Å². The third-order valence-electron chi connectivity index (χ3n) is 1.19. The van der Waals surface area contributed by atoms with E-state index in [4.69, 9.17) is 0 Å². The van der Waals surface area contributed by atoms with Gasteiger partial charge in [-0.15, -0.1) is 0 Å². The van der Waals surface area contributed by atoms with Crippen molar-refractivity contribution in [1.82, 2.24) is 0 Å². The van der Waals surface area contributed by atoms with Crippen LogP contribution >= 0.6 is 0 Å². The Morgan fingerprint density at radius 2 is 2.71 bits per heavy atom. The summed E-state index contributed by atoms with van der Waals surface area (Å²) in [7, 11) is 0. The van der Waals surface area contributed by atoms with Crippen molar-refractivity contribution < 1.29 is 0 Å². The fourth-order valence-electron chi connectivity index (χ4n) is 0.738. The Hall–Kier alpha value is 0.350. The van der Waals surface area contributed by atoms with Gasteiger partial charge in [0.15, 0.2) is 0 Å². The monoisotopic (exact) mass is 195 g/mol. The van der Waals surface area contributed by atoms with E-state index in [1.807, 2.05) is 6.08 Å². The van der Waals surface area contributed by atoms with Crippen molar-refractivity contribution in [2.24, 2.45) is 0 Å². The molecule has 0 bridgehead atoms. The number of hydrogen-bond acceptors (Lipinski definition) is 0. The molecule has 1 radical (unpaired) electrons. The Balaban J connectivity index is 2.51. The van der Waals surface area contributed by atoms with Crippen molar-refractivity contribution in [3.8, 4) is 0 Å². The summed E-state index contributed by atoms with van der Waals surface area (Å²) in [4.78, 5) is 0. The molecule has 1 aliphatic rings. The zero-order valence-electron chi connectivity index (χ0n) is 4.35. The molecule has 0 atom stereocenters. The normalized spacial score (nSPS) is 18.0. The van der Waals surface area contributed by atoms with Crippen LogP contribution in [0, 0.1) is 0 Å². The van der Waals surface area contributed by atoms with Gasteiger partial charge in [0.05, 0.1) is 0 Å². The van der Waals surface area contributed by atoms with E-state index in [-0.39, 0.29) is 22.9 Å². The van der Waals surface area contributed by atoms with Gasteiger partial charge in [-0.1, -0.05) is 0 Å². The molecule has 1 heterocycles. The molecule has 0 aromatic carbocycles. The molecule has 0 N–H and O–H groups in total. The van der Waals surface area contributed by atoms with Crippen LogP contribution in [0.25, 0.3) is 0 Å². The maximum absolute atomic E-state index is 3.70. The van der Waals surface area contributed by atoms with Gasteiger partial charge in [0.25, 0.3) is 0 Å².